The maximum Gasteiger partial charge on any atom is 0.260 e. The number of methoxy groups -OCH3 is 1. The Labute approximate surface area is 179 Å². The van der Waals surface area contributed by atoms with Gasteiger partial charge in [0.2, 0.25) is 0 Å². The molecule has 1 heterocycles. The Morgan fingerprint density at radius 1 is 0.967 bits per heavy atom. The van der Waals surface area contributed by atoms with Gasteiger partial charge in [-0.2, -0.15) is 0 Å². The van der Waals surface area contributed by atoms with Gasteiger partial charge < -0.3 is 15.0 Å². The second kappa shape index (κ2) is 8.43. The zero-order chi connectivity index (χ0) is 21.1. The van der Waals surface area contributed by atoms with Crippen molar-refractivity contribution >= 4 is 45.5 Å². The summed E-state index contributed by atoms with van der Waals surface area (Å²) in [5.41, 5.74) is 2.08. The third kappa shape index (κ3) is 3.80. The van der Waals surface area contributed by atoms with Gasteiger partial charge in [0, 0.05) is 29.3 Å². The smallest absolute Gasteiger partial charge is 0.260 e. The van der Waals surface area contributed by atoms with Crippen LogP contribution in [0.1, 0.15) is 10.4 Å². The van der Waals surface area contributed by atoms with E-state index in [0.29, 0.717) is 22.2 Å². The van der Waals surface area contributed by atoms with E-state index in [1.54, 1.807) is 37.4 Å². The van der Waals surface area contributed by atoms with Crippen molar-refractivity contribution in [1.29, 1.82) is 0 Å². The number of anilines is 3. The molecule has 0 atom stereocenters. The highest BCUT2D eigenvalue weighted by atomic mass is 35.5. The van der Waals surface area contributed by atoms with Gasteiger partial charge in [0.25, 0.3) is 5.91 Å². The van der Waals surface area contributed by atoms with E-state index in [4.69, 9.17) is 16.3 Å². The number of fused-ring (bicyclic) bond motifs is 1. The van der Waals surface area contributed by atoms with Crippen molar-refractivity contribution in [3.8, 4) is 5.75 Å². The van der Waals surface area contributed by atoms with Crippen LogP contribution in [0.15, 0.2) is 79.0 Å². The molecular formula is C24H20ClN3O2. The maximum absolute atomic E-state index is 13.2. The molecule has 4 rings (SSSR count). The van der Waals surface area contributed by atoms with Crippen LogP contribution in [0.3, 0.4) is 0 Å². The highest BCUT2D eigenvalue weighted by molar-refractivity contribution is 6.30. The van der Waals surface area contributed by atoms with E-state index in [0.717, 1.165) is 22.1 Å². The van der Waals surface area contributed by atoms with E-state index < -0.39 is 0 Å². The minimum atomic E-state index is -0.148. The zero-order valence-corrected chi connectivity index (χ0v) is 17.4. The third-order valence-electron chi connectivity index (χ3n) is 4.90. The normalized spacial score (nSPS) is 10.6. The molecule has 1 amide bonds. The molecule has 6 heteroatoms. The molecule has 0 aliphatic carbocycles. The molecule has 0 spiro atoms. The number of ether oxygens (including phenoxy) is 1. The lowest BCUT2D eigenvalue weighted by Gasteiger charge is -2.19. The van der Waals surface area contributed by atoms with Crippen LogP contribution in [0.4, 0.5) is 17.2 Å². The topological polar surface area (TPSA) is 54.5 Å². The lowest BCUT2D eigenvalue weighted by Crippen LogP contribution is -2.26. The molecule has 0 saturated heterocycles. The van der Waals surface area contributed by atoms with Gasteiger partial charge in [-0.25, -0.2) is 4.98 Å². The number of rotatable bonds is 5. The molecule has 0 saturated carbocycles. The molecule has 0 aliphatic rings. The molecule has 1 N–H and O–H groups in total. The summed E-state index contributed by atoms with van der Waals surface area (Å²) < 4.78 is 5.42. The maximum atomic E-state index is 13.2. The highest BCUT2D eigenvalue weighted by Crippen LogP contribution is 2.32. The van der Waals surface area contributed by atoms with Gasteiger partial charge >= 0.3 is 0 Å². The third-order valence-corrected chi connectivity index (χ3v) is 5.16. The van der Waals surface area contributed by atoms with Crippen LogP contribution < -0.4 is 15.0 Å². The number of pyridine rings is 1. The molecule has 150 valence electrons. The summed E-state index contributed by atoms with van der Waals surface area (Å²) in [6, 6.07) is 22.5. The Hall–Kier alpha value is -3.57. The molecule has 1 aromatic heterocycles. The summed E-state index contributed by atoms with van der Waals surface area (Å²) in [6.45, 7) is 0. The summed E-state index contributed by atoms with van der Waals surface area (Å²) in [7, 11) is 3.36. The van der Waals surface area contributed by atoms with Gasteiger partial charge in [-0.05, 0) is 41.8 Å². The standard InChI is InChI=1S/C24H20ClN3O2/c1-28(17-13-11-16(25)12-14-17)24(29)20-15-26-23(19-8-4-3-7-18(19)20)27-21-9-5-6-10-22(21)30-2/h3-15H,1-2H3,(H,26,27). The number of nitrogens with one attached hydrogen (secondary N) is 1. The number of hydrogen-bond acceptors (Lipinski definition) is 4. The Bertz CT molecular complexity index is 1210. The quantitative estimate of drug-likeness (QED) is 0.438. The fourth-order valence-electron chi connectivity index (χ4n) is 3.30. The minimum absolute atomic E-state index is 0.148. The number of carbonyl (C=O) groups excluding carboxylic acids is 1. The van der Waals surface area contributed by atoms with Crippen LogP contribution in [0.2, 0.25) is 5.02 Å². The number of nitrogens with zero attached hydrogens (tertiary/aromatic N) is 2. The van der Waals surface area contributed by atoms with Gasteiger partial charge in [0.15, 0.2) is 0 Å². The van der Waals surface area contributed by atoms with E-state index in [1.165, 1.54) is 0 Å². The van der Waals surface area contributed by atoms with Gasteiger partial charge in [-0.3, -0.25) is 4.79 Å². The first-order valence-electron chi connectivity index (χ1n) is 9.40. The van der Waals surface area contributed by atoms with E-state index in [1.807, 2.05) is 60.7 Å². The second-order valence-electron chi connectivity index (χ2n) is 6.73. The van der Waals surface area contributed by atoms with Crippen molar-refractivity contribution in [2.75, 3.05) is 24.4 Å². The first kappa shape index (κ1) is 19.7. The molecule has 3 aromatic carbocycles. The molecule has 0 fully saturated rings. The van der Waals surface area contributed by atoms with Crippen LogP contribution in [0, 0.1) is 0 Å². The largest absolute Gasteiger partial charge is 0.495 e. The van der Waals surface area contributed by atoms with Gasteiger partial charge in [0.05, 0.1) is 18.4 Å². The summed E-state index contributed by atoms with van der Waals surface area (Å²) in [6.07, 6.45) is 1.61. The Kier molecular flexibility index (Phi) is 5.55. The highest BCUT2D eigenvalue weighted by Gasteiger charge is 2.19. The predicted octanol–water partition coefficient (Wildman–Crippen LogP) is 5.92. The number of benzene rings is 3. The van der Waals surface area contributed by atoms with Crippen molar-refractivity contribution in [1.82, 2.24) is 4.98 Å². The molecule has 5 nitrogen and oxygen atoms in total. The molecular weight excluding hydrogens is 398 g/mol. The van der Waals surface area contributed by atoms with E-state index in [2.05, 4.69) is 10.3 Å². The molecule has 0 bridgehead atoms. The molecule has 0 radical (unpaired) electrons. The Morgan fingerprint density at radius 2 is 1.63 bits per heavy atom. The van der Waals surface area contributed by atoms with Crippen molar-refractivity contribution in [2.45, 2.75) is 0 Å². The predicted molar refractivity (Wildman–Crippen MR) is 122 cm³/mol. The minimum Gasteiger partial charge on any atom is -0.495 e. The van der Waals surface area contributed by atoms with E-state index in [-0.39, 0.29) is 5.91 Å². The molecule has 0 aliphatic heterocycles. The first-order valence-corrected chi connectivity index (χ1v) is 9.77. The van der Waals surface area contributed by atoms with Crippen LogP contribution >= 0.6 is 11.6 Å². The number of hydrogen-bond donors (Lipinski definition) is 1. The fraction of sp³-hybridized carbons (Fsp3) is 0.0833. The van der Waals surface area contributed by atoms with Crippen LogP contribution in [-0.2, 0) is 0 Å². The van der Waals surface area contributed by atoms with Gasteiger partial charge in [-0.15, -0.1) is 0 Å². The summed E-state index contributed by atoms with van der Waals surface area (Å²) in [5, 5.41) is 5.61. The SMILES string of the molecule is COc1ccccc1Nc1ncc(C(=O)N(C)c2ccc(Cl)cc2)c2ccccc12. The summed E-state index contributed by atoms with van der Waals surface area (Å²) in [4.78, 5) is 19.4. The average Bonchev–Trinajstić information content (AvgIpc) is 2.79. The van der Waals surface area contributed by atoms with Gasteiger partial charge in [-0.1, -0.05) is 48.0 Å². The number of aromatic nitrogens is 1. The van der Waals surface area contributed by atoms with E-state index >= 15 is 0 Å². The van der Waals surface area contributed by atoms with Crippen molar-refractivity contribution in [3.05, 3.63) is 89.6 Å². The number of para-hydroxylation sites is 2. The number of amides is 1. The van der Waals surface area contributed by atoms with Crippen molar-refractivity contribution in [3.63, 3.8) is 0 Å². The lowest BCUT2D eigenvalue weighted by molar-refractivity contribution is 0.0994. The van der Waals surface area contributed by atoms with Gasteiger partial charge in [0.1, 0.15) is 11.6 Å². The number of halogens is 1. The summed E-state index contributed by atoms with van der Waals surface area (Å²) >= 11 is 5.97. The molecule has 0 unspecified atom stereocenters. The summed E-state index contributed by atoms with van der Waals surface area (Å²) in [5.74, 6) is 1.22. The number of carbonyl (C=O) groups is 1. The van der Waals surface area contributed by atoms with Crippen molar-refractivity contribution < 1.29 is 9.53 Å². The van der Waals surface area contributed by atoms with Crippen molar-refractivity contribution in [2.24, 2.45) is 0 Å². The molecule has 30 heavy (non-hydrogen) atoms. The fourth-order valence-corrected chi connectivity index (χ4v) is 3.43. The Balaban J connectivity index is 1.73. The van der Waals surface area contributed by atoms with E-state index in [9.17, 15) is 4.79 Å². The lowest BCUT2D eigenvalue weighted by atomic mass is 10.1. The second-order valence-corrected chi connectivity index (χ2v) is 7.17. The first-order chi connectivity index (χ1) is 14.6. The Morgan fingerprint density at radius 3 is 2.37 bits per heavy atom. The average molecular weight is 418 g/mol. The van der Waals surface area contributed by atoms with Crippen LogP contribution in [0.25, 0.3) is 10.8 Å². The molecule has 4 aromatic rings. The monoisotopic (exact) mass is 417 g/mol. The zero-order valence-electron chi connectivity index (χ0n) is 16.6. The van der Waals surface area contributed by atoms with Crippen LogP contribution in [0.5, 0.6) is 5.75 Å². The van der Waals surface area contributed by atoms with Crippen LogP contribution in [-0.4, -0.2) is 25.0 Å².